The molecule has 0 unspecified atom stereocenters. The Morgan fingerprint density at radius 1 is 0.520 bits per heavy atom. The first-order chi connectivity index (χ1) is 24.7. The van der Waals surface area contributed by atoms with Crippen molar-refractivity contribution in [1.29, 1.82) is 15.8 Å². The molecule has 0 amide bonds. The van der Waals surface area contributed by atoms with E-state index in [1.807, 2.05) is 66.7 Å². The molecule has 0 saturated carbocycles. The van der Waals surface area contributed by atoms with E-state index >= 15 is 0 Å². The summed E-state index contributed by atoms with van der Waals surface area (Å²) in [5, 5.41) is 33.4. The minimum absolute atomic E-state index is 0.574. The molecule has 0 N–H and O–H groups in total. The molecule has 0 radical (unpaired) electrons. The van der Waals surface area contributed by atoms with Crippen LogP contribution in [-0.2, 0) is 6.42 Å². The summed E-state index contributed by atoms with van der Waals surface area (Å²) in [7, 11) is 0. The molecule has 6 aromatic carbocycles. The molecule has 1 aliphatic carbocycles. The Kier molecular flexibility index (Phi) is 6.70. The van der Waals surface area contributed by atoms with Crippen LogP contribution >= 0.6 is 0 Å². The van der Waals surface area contributed by atoms with Crippen molar-refractivity contribution in [3.8, 4) is 51.8 Å². The van der Waals surface area contributed by atoms with Gasteiger partial charge in [-0.2, -0.15) is 15.8 Å². The maximum Gasteiger partial charge on any atom is 0.101 e. The lowest BCUT2D eigenvalue weighted by atomic mass is 9.91. The minimum atomic E-state index is 0.574. The maximum absolute atomic E-state index is 10.5. The molecule has 0 spiro atoms. The van der Waals surface area contributed by atoms with E-state index in [0.717, 1.165) is 90.4 Å². The van der Waals surface area contributed by atoms with Gasteiger partial charge in [-0.25, -0.2) is 0 Å². The Balaban J connectivity index is 1.28. The second-order valence-corrected chi connectivity index (χ2v) is 12.5. The molecule has 0 atom stereocenters. The molecule has 8 aromatic rings. The van der Waals surface area contributed by atoms with Gasteiger partial charge in [0.2, 0.25) is 0 Å². The van der Waals surface area contributed by atoms with E-state index in [9.17, 15) is 15.8 Å². The van der Waals surface area contributed by atoms with E-state index in [1.54, 1.807) is 0 Å². The number of rotatable bonds is 4. The molecular formula is C45H27N5. The predicted molar refractivity (Wildman–Crippen MR) is 200 cm³/mol. The van der Waals surface area contributed by atoms with Gasteiger partial charge in [-0.3, -0.25) is 0 Å². The molecule has 5 heteroatoms. The normalized spacial score (nSPS) is 12.3. The molecule has 5 nitrogen and oxygen atoms in total. The summed E-state index contributed by atoms with van der Waals surface area (Å²) in [5.74, 6) is 0. The molecule has 1 aliphatic rings. The third-order valence-corrected chi connectivity index (χ3v) is 9.91. The second kappa shape index (κ2) is 11.5. The fraction of sp³-hybridized carbons (Fsp3) is 0.0444. The number of fused-ring (bicyclic) bond motifs is 6. The molecule has 232 valence electrons. The molecule has 0 bridgehead atoms. The fourth-order valence-corrected chi connectivity index (χ4v) is 7.84. The number of hydrogen-bond acceptors (Lipinski definition) is 3. The standard InChI is InChI=1S/C45H27N5/c46-26-29-22-23-42-39(24-29)36-16-3-5-19-40(36)49(42)33-13-7-10-30(25-33)34-14-1-2-15-35(34)37-18-8-12-32(28-48)45(37)50-41-20-6-4-17-38(41)44-31(27-47)11-9-21-43(44)50/h1-8,10-20,22-25H,9,21H2. The lowest BCUT2D eigenvalue weighted by Crippen LogP contribution is -2.08. The molecule has 9 rings (SSSR count). The van der Waals surface area contributed by atoms with E-state index in [0.29, 0.717) is 16.7 Å². The zero-order valence-electron chi connectivity index (χ0n) is 26.9. The first kappa shape index (κ1) is 29.0. The highest BCUT2D eigenvalue weighted by atomic mass is 15.0. The van der Waals surface area contributed by atoms with Crippen LogP contribution < -0.4 is 0 Å². The topological polar surface area (TPSA) is 81.2 Å². The van der Waals surface area contributed by atoms with E-state index in [4.69, 9.17) is 0 Å². The van der Waals surface area contributed by atoms with Crippen LogP contribution in [-0.4, -0.2) is 9.13 Å². The number of benzene rings is 6. The van der Waals surface area contributed by atoms with Gasteiger partial charge in [-0.05, 0) is 78.1 Å². The first-order valence-electron chi connectivity index (χ1n) is 16.6. The third kappa shape index (κ3) is 4.30. The third-order valence-electron chi connectivity index (χ3n) is 9.91. The van der Waals surface area contributed by atoms with Crippen LogP contribution in [0.4, 0.5) is 0 Å². The van der Waals surface area contributed by atoms with Crippen molar-refractivity contribution in [3.05, 3.63) is 162 Å². The van der Waals surface area contributed by atoms with Gasteiger partial charge in [0.05, 0.1) is 51.1 Å². The Bertz CT molecular complexity index is 2860. The lowest BCUT2D eigenvalue weighted by molar-refractivity contribution is 0.884. The van der Waals surface area contributed by atoms with Crippen molar-refractivity contribution in [2.75, 3.05) is 0 Å². The summed E-state index contributed by atoms with van der Waals surface area (Å²) in [5.41, 5.74) is 12.9. The van der Waals surface area contributed by atoms with Crippen molar-refractivity contribution >= 4 is 38.3 Å². The molecular weight excluding hydrogens is 611 g/mol. The fourth-order valence-electron chi connectivity index (χ4n) is 7.84. The first-order valence-corrected chi connectivity index (χ1v) is 16.6. The average Bonchev–Trinajstić information content (AvgIpc) is 3.70. The number of nitrogens with zero attached hydrogens (tertiary/aromatic N) is 5. The highest BCUT2D eigenvalue weighted by Gasteiger charge is 2.26. The quantitative estimate of drug-likeness (QED) is 0.193. The van der Waals surface area contributed by atoms with Crippen molar-refractivity contribution in [2.45, 2.75) is 12.8 Å². The Morgan fingerprint density at radius 2 is 1.22 bits per heavy atom. The van der Waals surface area contributed by atoms with Crippen LogP contribution in [0.5, 0.6) is 0 Å². The highest BCUT2D eigenvalue weighted by Crippen LogP contribution is 2.43. The average molecular weight is 638 g/mol. The Hall–Kier alpha value is -7.13. The summed E-state index contributed by atoms with van der Waals surface area (Å²) in [4.78, 5) is 0. The van der Waals surface area contributed by atoms with Crippen molar-refractivity contribution in [3.63, 3.8) is 0 Å². The summed E-state index contributed by atoms with van der Waals surface area (Å²) in [6.07, 6.45) is 3.56. The Labute approximate surface area is 289 Å². The van der Waals surface area contributed by atoms with Gasteiger partial charge in [-0.15, -0.1) is 0 Å². The second-order valence-electron chi connectivity index (χ2n) is 12.5. The molecule has 2 aromatic heterocycles. The van der Waals surface area contributed by atoms with Crippen molar-refractivity contribution in [1.82, 2.24) is 9.13 Å². The zero-order valence-corrected chi connectivity index (χ0v) is 26.9. The van der Waals surface area contributed by atoms with Crippen molar-refractivity contribution < 1.29 is 0 Å². The van der Waals surface area contributed by atoms with Gasteiger partial charge < -0.3 is 9.13 Å². The maximum atomic E-state index is 10.5. The lowest BCUT2D eigenvalue weighted by Gasteiger charge is -2.21. The summed E-state index contributed by atoms with van der Waals surface area (Å²) >= 11 is 0. The van der Waals surface area contributed by atoms with E-state index in [1.165, 1.54) is 0 Å². The molecule has 50 heavy (non-hydrogen) atoms. The van der Waals surface area contributed by atoms with Crippen LogP contribution in [0.15, 0.2) is 140 Å². The number of nitriles is 3. The van der Waals surface area contributed by atoms with Gasteiger partial charge in [0.25, 0.3) is 0 Å². The minimum Gasteiger partial charge on any atom is -0.311 e. The van der Waals surface area contributed by atoms with E-state index in [-0.39, 0.29) is 0 Å². The SMILES string of the molecule is N#CC1=CCCc2c1c1ccccc1n2-c1c(C#N)cccc1-c1ccccc1-c1cccc(-n2c3ccccc3c3cc(C#N)ccc32)c1. The number of para-hydroxylation sites is 3. The summed E-state index contributed by atoms with van der Waals surface area (Å²) in [6, 6.07) is 52.5. The van der Waals surface area contributed by atoms with Crippen LogP contribution in [0.1, 0.15) is 28.8 Å². The molecule has 2 heterocycles. The highest BCUT2D eigenvalue weighted by molar-refractivity contribution is 6.10. The van der Waals surface area contributed by atoms with Gasteiger partial charge >= 0.3 is 0 Å². The predicted octanol–water partition coefficient (Wildman–Crippen LogP) is 10.7. The number of aromatic nitrogens is 2. The van der Waals surface area contributed by atoms with Gasteiger partial charge in [0.1, 0.15) is 6.07 Å². The van der Waals surface area contributed by atoms with E-state index in [2.05, 4.69) is 100 Å². The monoisotopic (exact) mass is 637 g/mol. The summed E-state index contributed by atoms with van der Waals surface area (Å²) in [6.45, 7) is 0. The van der Waals surface area contributed by atoms with Gasteiger partial charge in [0.15, 0.2) is 0 Å². The molecule has 0 fully saturated rings. The van der Waals surface area contributed by atoms with Crippen LogP contribution in [0.25, 0.3) is 71.9 Å². The number of hydrogen-bond donors (Lipinski definition) is 0. The van der Waals surface area contributed by atoms with Gasteiger partial charge in [0, 0.05) is 38.7 Å². The Morgan fingerprint density at radius 3 is 2.02 bits per heavy atom. The van der Waals surface area contributed by atoms with Crippen LogP contribution in [0.2, 0.25) is 0 Å². The number of allylic oxidation sites excluding steroid dienone is 2. The van der Waals surface area contributed by atoms with Crippen molar-refractivity contribution in [2.24, 2.45) is 0 Å². The molecule has 0 aliphatic heterocycles. The smallest absolute Gasteiger partial charge is 0.101 e. The van der Waals surface area contributed by atoms with E-state index < -0.39 is 0 Å². The largest absolute Gasteiger partial charge is 0.311 e. The van der Waals surface area contributed by atoms with Crippen LogP contribution in [0, 0.1) is 34.0 Å². The summed E-state index contributed by atoms with van der Waals surface area (Å²) < 4.78 is 4.49. The van der Waals surface area contributed by atoms with Gasteiger partial charge in [-0.1, -0.05) is 91.0 Å². The van der Waals surface area contributed by atoms with Crippen LogP contribution in [0.3, 0.4) is 0 Å². The zero-order chi connectivity index (χ0) is 33.8. The molecule has 0 saturated heterocycles.